The number of rotatable bonds is 4. The summed E-state index contributed by atoms with van der Waals surface area (Å²) >= 11 is 0. The summed E-state index contributed by atoms with van der Waals surface area (Å²) in [6, 6.07) is 6.21. The van der Waals surface area contributed by atoms with Gasteiger partial charge in [0.05, 0.1) is 11.1 Å². The lowest BCUT2D eigenvalue weighted by Crippen LogP contribution is -2.47. The summed E-state index contributed by atoms with van der Waals surface area (Å²) < 4.78 is 47.1. The number of hydrogen-bond acceptors (Lipinski definition) is 4. The van der Waals surface area contributed by atoms with E-state index in [0.29, 0.717) is 24.4 Å². The first-order valence-corrected chi connectivity index (χ1v) is 11.0. The molecule has 6 nitrogen and oxygen atoms in total. The highest BCUT2D eigenvalue weighted by molar-refractivity contribution is 5.97. The van der Waals surface area contributed by atoms with Crippen molar-refractivity contribution in [3.8, 4) is 0 Å². The third kappa shape index (κ3) is 3.96. The van der Waals surface area contributed by atoms with Crippen LogP contribution in [0.1, 0.15) is 48.3 Å². The van der Waals surface area contributed by atoms with Crippen molar-refractivity contribution in [3.05, 3.63) is 65.2 Å². The predicted molar refractivity (Wildman–Crippen MR) is 113 cm³/mol. The van der Waals surface area contributed by atoms with Gasteiger partial charge in [-0.3, -0.25) is 4.79 Å². The number of halogens is 3. The number of nitrogens with one attached hydrogen (secondary N) is 1. The molecular formula is C24H22F3N3O3. The van der Waals surface area contributed by atoms with Crippen LogP contribution in [0.25, 0.3) is 11.0 Å². The van der Waals surface area contributed by atoms with Gasteiger partial charge in [0.2, 0.25) is 0 Å². The third-order valence-corrected chi connectivity index (χ3v) is 6.62. The van der Waals surface area contributed by atoms with Crippen LogP contribution in [0.4, 0.5) is 13.2 Å². The highest BCUT2D eigenvalue weighted by Crippen LogP contribution is 2.41. The zero-order valence-electron chi connectivity index (χ0n) is 17.7. The van der Waals surface area contributed by atoms with Crippen LogP contribution in [-0.4, -0.2) is 38.8 Å². The van der Waals surface area contributed by atoms with Crippen LogP contribution >= 0.6 is 0 Å². The first-order chi connectivity index (χ1) is 15.9. The molecule has 1 amide bonds. The van der Waals surface area contributed by atoms with Gasteiger partial charge in [-0.2, -0.15) is 0 Å². The molecule has 1 saturated heterocycles. The number of carbonyl (C=O) groups is 2. The Morgan fingerprint density at radius 1 is 1.09 bits per heavy atom. The van der Waals surface area contributed by atoms with Crippen molar-refractivity contribution in [2.24, 2.45) is 5.92 Å². The van der Waals surface area contributed by atoms with E-state index in [-0.39, 0.29) is 35.5 Å². The molecule has 2 aromatic carbocycles. The molecule has 0 radical (unpaired) electrons. The Labute approximate surface area is 187 Å². The average molecular weight is 457 g/mol. The van der Waals surface area contributed by atoms with Crippen molar-refractivity contribution in [3.63, 3.8) is 0 Å². The largest absolute Gasteiger partial charge is 0.456 e. The molecule has 2 fully saturated rings. The minimum absolute atomic E-state index is 0.115. The Morgan fingerprint density at radius 3 is 2.70 bits per heavy atom. The van der Waals surface area contributed by atoms with Crippen molar-refractivity contribution in [2.75, 3.05) is 0 Å². The van der Waals surface area contributed by atoms with Gasteiger partial charge in [-0.25, -0.2) is 22.9 Å². The molecule has 1 aliphatic heterocycles. The van der Waals surface area contributed by atoms with Crippen molar-refractivity contribution in [2.45, 2.75) is 50.8 Å². The fourth-order valence-corrected chi connectivity index (χ4v) is 5.12. The number of aromatic nitrogens is 2. The Kier molecular flexibility index (Phi) is 5.55. The van der Waals surface area contributed by atoms with Crippen molar-refractivity contribution < 1.29 is 27.5 Å². The minimum atomic E-state index is -0.962. The molecule has 33 heavy (non-hydrogen) atoms. The molecule has 2 aliphatic rings. The summed E-state index contributed by atoms with van der Waals surface area (Å²) in [5.74, 6) is -3.10. The lowest BCUT2D eigenvalue weighted by atomic mass is 9.84. The first kappa shape index (κ1) is 21.5. The van der Waals surface area contributed by atoms with Crippen LogP contribution < -0.4 is 0 Å². The van der Waals surface area contributed by atoms with Gasteiger partial charge in [0.25, 0.3) is 5.91 Å². The van der Waals surface area contributed by atoms with E-state index in [0.717, 1.165) is 31.4 Å². The molecule has 3 aromatic rings. The van der Waals surface area contributed by atoms with Gasteiger partial charge in [0.15, 0.2) is 5.82 Å². The average Bonchev–Trinajstić information content (AvgIpc) is 3.39. The number of carbonyl (C=O) groups excluding carboxylic acids is 2. The zero-order chi connectivity index (χ0) is 23.1. The third-order valence-electron chi connectivity index (χ3n) is 6.62. The standard InChI is InChI=1S/C24H22F3N3O3/c25-14-8-9-15(17(27)11-14)23(31)30-19-7-2-1-4-13(19)10-20(30)24(32)33-12-21-28-18-6-3-5-16(26)22(18)29-21/h3,5-6,8-9,11,13,19-20H,1-2,4,7,10,12H2,(H,28,29)/t13-,19-,20-/m0/s1. The minimum Gasteiger partial charge on any atom is -0.456 e. The summed E-state index contributed by atoms with van der Waals surface area (Å²) in [5, 5.41) is 0. The first-order valence-electron chi connectivity index (χ1n) is 11.0. The lowest BCUT2D eigenvalue weighted by molar-refractivity contribution is -0.150. The van der Waals surface area contributed by atoms with Crippen LogP contribution in [0.15, 0.2) is 36.4 Å². The Hall–Kier alpha value is -3.36. The van der Waals surface area contributed by atoms with Gasteiger partial charge in [-0.15, -0.1) is 0 Å². The van der Waals surface area contributed by atoms with E-state index in [2.05, 4.69) is 9.97 Å². The summed E-state index contributed by atoms with van der Waals surface area (Å²) in [5.41, 5.74) is 0.365. The van der Waals surface area contributed by atoms with E-state index in [4.69, 9.17) is 4.74 Å². The molecule has 5 rings (SSSR count). The molecule has 0 bridgehead atoms. The molecule has 1 N–H and O–H groups in total. The van der Waals surface area contributed by atoms with Gasteiger partial charge < -0.3 is 14.6 Å². The number of H-pyrrole nitrogens is 1. The maximum atomic E-state index is 14.4. The fraction of sp³-hybridized carbons (Fsp3) is 0.375. The van der Waals surface area contributed by atoms with E-state index in [1.165, 1.54) is 11.0 Å². The molecule has 1 aliphatic carbocycles. The summed E-state index contributed by atoms with van der Waals surface area (Å²) in [4.78, 5) is 34.8. The van der Waals surface area contributed by atoms with Crippen molar-refractivity contribution >= 4 is 22.9 Å². The van der Waals surface area contributed by atoms with E-state index in [1.807, 2.05) is 0 Å². The number of fused-ring (bicyclic) bond motifs is 2. The predicted octanol–water partition coefficient (Wildman–Crippen LogP) is 4.50. The van der Waals surface area contributed by atoms with Crippen molar-refractivity contribution in [1.82, 2.24) is 14.9 Å². The monoisotopic (exact) mass is 457 g/mol. The molecule has 0 unspecified atom stereocenters. The topological polar surface area (TPSA) is 75.3 Å². The summed E-state index contributed by atoms with van der Waals surface area (Å²) in [6.07, 6.45) is 3.91. The number of para-hydroxylation sites is 1. The highest BCUT2D eigenvalue weighted by atomic mass is 19.1. The van der Waals surface area contributed by atoms with Gasteiger partial charge in [-0.05, 0) is 49.4 Å². The molecular weight excluding hydrogens is 435 g/mol. The number of hydrogen-bond donors (Lipinski definition) is 1. The van der Waals surface area contributed by atoms with E-state index in [9.17, 15) is 22.8 Å². The van der Waals surface area contributed by atoms with Crippen LogP contribution in [0.3, 0.4) is 0 Å². The summed E-state index contributed by atoms with van der Waals surface area (Å²) in [6.45, 7) is -0.217. The van der Waals surface area contributed by atoms with Gasteiger partial charge in [-0.1, -0.05) is 18.9 Å². The lowest BCUT2D eigenvalue weighted by Gasteiger charge is -2.33. The molecule has 0 spiro atoms. The molecule has 1 aromatic heterocycles. The number of amides is 1. The molecule has 172 valence electrons. The maximum Gasteiger partial charge on any atom is 0.329 e. The fourth-order valence-electron chi connectivity index (χ4n) is 5.12. The van der Waals surface area contributed by atoms with Crippen LogP contribution in [-0.2, 0) is 16.1 Å². The van der Waals surface area contributed by atoms with Gasteiger partial charge in [0, 0.05) is 12.1 Å². The van der Waals surface area contributed by atoms with Crippen molar-refractivity contribution in [1.29, 1.82) is 0 Å². The van der Waals surface area contributed by atoms with E-state index in [1.54, 1.807) is 12.1 Å². The van der Waals surface area contributed by atoms with E-state index >= 15 is 0 Å². The molecule has 1 saturated carbocycles. The Morgan fingerprint density at radius 2 is 1.91 bits per heavy atom. The molecule has 3 atom stereocenters. The second-order valence-electron chi connectivity index (χ2n) is 8.63. The maximum absolute atomic E-state index is 14.4. The number of imidazole rings is 1. The second kappa shape index (κ2) is 8.53. The van der Waals surface area contributed by atoms with Crippen LogP contribution in [0.2, 0.25) is 0 Å². The number of esters is 1. The number of nitrogens with zero attached hydrogens (tertiary/aromatic N) is 2. The van der Waals surface area contributed by atoms with Gasteiger partial charge in [0.1, 0.15) is 35.6 Å². The van der Waals surface area contributed by atoms with Gasteiger partial charge >= 0.3 is 5.97 Å². The Balaban J connectivity index is 1.37. The number of benzene rings is 2. The number of likely N-dealkylation sites (tertiary alicyclic amines) is 1. The molecule has 2 heterocycles. The molecule has 9 heteroatoms. The quantitative estimate of drug-likeness (QED) is 0.586. The summed E-state index contributed by atoms with van der Waals surface area (Å²) in [7, 11) is 0. The van der Waals surface area contributed by atoms with E-state index < -0.39 is 35.4 Å². The SMILES string of the molecule is O=C(OCc1nc2c(F)cccc2[nH]1)[C@@H]1C[C@@H]2CCCC[C@@H]2N1C(=O)c1ccc(F)cc1F. The zero-order valence-corrected chi connectivity index (χ0v) is 17.7. The number of ether oxygens (including phenoxy) is 1. The highest BCUT2D eigenvalue weighted by Gasteiger charge is 2.48. The normalized spacial score (nSPS) is 22.4. The van der Waals surface area contributed by atoms with Crippen LogP contribution in [0.5, 0.6) is 0 Å². The Bertz CT molecular complexity index is 1230. The second-order valence-corrected chi connectivity index (χ2v) is 8.63. The number of aromatic amines is 1. The van der Waals surface area contributed by atoms with Crippen LogP contribution in [0, 0.1) is 23.4 Å². The smallest absolute Gasteiger partial charge is 0.329 e.